The summed E-state index contributed by atoms with van der Waals surface area (Å²) in [6.07, 6.45) is 5.69. The molecule has 0 aliphatic carbocycles. The first-order chi connectivity index (χ1) is 10.3. The zero-order valence-electron chi connectivity index (χ0n) is 12.1. The second-order valence-electron chi connectivity index (χ2n) is 5.20. The molecule has 0 bridgehead atoms. The van der Waals surface area contributed by atoms with Gasteiger partial charge in [0.05, 0.1) is 6.20 Å². The molecule has 1 N–H and O–H groups in total. The van der Waals surface area contributed by atoms with Crippen molar-refractivity contribution in [1.82, 2.24) is 14.3 Å². The van der Waals surface area contributed by atoms with Crippen LogP contribution in [0.3, 0.4) is 0 Å². The van der Waals surface area contributed by atoms with Gasteiger partial charge in [-0.1, -0.05) is 24.6 Å². The smallest absolute Gasteiger partial charge is 0.219 e. The molecule has 110 valence electrons. The van der Waals surface area contributed by atoms with Crippen LogP contribution < -0.4 is 5.32 Å². The number of carbonyl (C=O) groups excluding carboxylic acids is 1. The van der Waals surface area contributed by atoms with Gasteiger partial charge in [0.25, 0.3) is 0 Å². The van der Waals surface area contributed by atoms with Crippen molar-refractivity contribution in [3.8, 4) is 0 Å². The van der Waals surface area contributed by atoms with Crippen molar-refractivity contribution in [3.05, 3.63) is 30.5 Å². The molecule has 0 saturated heterocycles. The van der Waals surface area contributed by atoms with Crippen LogP contribution in [0.15, 0.2) is 30.5 Å². The molecule has 1 aromatic carbocycles. The van der Waals surface area contributed by atoms with Gasteiger partial charge in [0.1, 0.15) is 4.83 Å². The Morgan fingerprint density at radius 1 is 1.24 bits per heavy atom. The number of rotatable bonds is 6. The third-order valence-electron chi connectivity index (χ3n) is 3.85. The van der Waals surface area contributed by atoms with Crippen LogP contribution in [-0.4, -0.2) is 21.9 Å². The lowest BCUT2D eigenvalue weighted by atomic mass is 10.2. The van der Waals surface area contributed by atoms with Crippen LogP contribution in [0.1, 0.15) is 25.7 Å². The second kappa shape index (κ2) is 6.26. The van der Waals surface area contributed by atoms with E-state index >= 15 is 0 Å². The molecular weight excluding hydrogens is 282 g/mol. The minimum absolute atomic E-state index is 0.131. The fourth-order valence-corrected chi connectivity index (χ4v) is 3.55. The Morgan fingerprint density at radius 3 is 2.95 bits per heavy atom. The molecule has 0 aliphatic heterocycles. The summed E-state index contributed by atoms with van der Waals surface area (Å²) in [5.41, 5.74) is 1.28. The van der Waals surface area contributed by atoms with Gasteiger partial charge in [0.15, 0.2) is 0 Å². The maximum Gasteiger partial charge on any atom is 0.219 e. The van der Waals surface area contributed by atoms with E-state index in [1.807, 2.05) is 6.20 Å². The minimum atomic E-state index is 0.131. The normalized spacial score (nSPS) is 11.3. The lowest BCUT2D eigenvalue weighted by molar-refractivity contribution is -0.120. The highest BCUT2D eigenvalue weighted by molar-refractivity contribution is 7.13. The Bertz CT molecular complexity index is 759. The summed E-state index contributed by atoms with van der Waals surface area (Å²) in [5, 5.41) is 5.20. The Kier molecular flexibility index (Phi) is 4.20. The molecular formula is C16H19N3OS. The van der Waals surface area contributed by atoms with Gasteiger partial charge in [-0.25, -0.2) is 0 Å². The zero-order chi connectivity index (χ0) is 14.7. The van der Waals surface area contributed by atoms with Crippen LogP contribution >= 0.6 is 11.5 Å². The highest BCUT2D eigenvalue weighted by Gasteiger charge is 2.11. The van der Waals surface area contributed by atoms with Gasteiger partial charge >= 0.3 is 0 Å². The molecule has 0 aliphatic rings. The second-order valence-corrected chi connectivity index (χ2v) is 5.98. The molecule has 1 amide bonds. The van der Waals surface area contributed by atoms with E-state index in [0.29, 0.717) is 6.42 Å². The lowest BCUT2D eigenvalue weighted by Crippen LogP contribution is -2.16. The number of amides is 1. The van der Waals surface area contributed by atoms with Gasteiger partial charge in [0.2, 0.25) is 5.91 Å². The fourth-order valence-electron chi connectivity index (χ4n) is 2.74. The molecule has 0 unspecified atom stereocenters. The zero-order valence-corrected chi connectivity index (χ0v) is 12.9. The van der Waals surface area contributed by atoms with Crippen molar-refractivity contribution in [3.63, 3.8) is 0 Å². The summed E-state index contributed by atoms with van der Waals surface area (Å²) in [6, 6.07) is 8.50. The van der Waals surface area contributed by atoms with Gasteiger partial charge in [-0.2, -0.15) is 4.37 Å². The average Bonchev–Trinajstić information content (AvgIpc) is 3.09. The molecule has 3 aromatic rings. The largest absolute Gasteiger partial charge is 0.359 e. The summed E-state index contributed by atoms with van der Waals surface area (Å²) in [6.45, 7) is 0.986. The van der Waals surface area contributed by atoms with Crippen LogP contribution in [0.5, 0.6) is 0 Å². The highest BCUT2D eigenvalue weighted by atomic mass is 32.1. The van der Waals surface area contributed by atoms with Gasteiger partial charge in [-0.3, -0.25) is 4.79 Å². The summed E-state index contributed by atoms with van der Waals surface area (Å²) in [7, 11) is 1.69. The Hall–Kier alpha value is -1.88. The molecule has 2 heterocycles. The van der Waals surface area contributed by atoms with E-state index in [-0.39, 0.29) is 5.91 Å². The predicted molar refractivity (Wildman–Crippen MR) is 87.7 cm³/mol. The first kappa shape index (κ1) is 14.1. The van der Waals surface area contributed by atoms with E-state index in [9.17, 15) is 4.79 Å². The van der Waals surface area contributed by atoms with E-state index < -0.39 is 0 Å². The van der Waals surface area contributed by atoms with E-state index in [1.165, 1.54) is 21.1 Å². The Labute approximate surface area is 127 Å². The molecule has 2 aromatic heterocycles. The number of para-hydroxylation sites is 1. The molecule has 0 radical (unpaired) electrons. The van der Waals surface area contributed by atoms with Gasteiger partial charge < -0.3 is 9.88 Å². The number of hydrogen-bond acceptors (Lipinski definition) is 3. The Balaban J connectivity index is 1.71. The van der Waals surface area contributed by atoms with E-state index in [4.69, 9.17) is 0 Å². The molecule has 4 nitrogen and oxygen atoms in total. The summed E-state index contributed by atoms with van der Waals surface area (Å²) >= 11 is 1.56. The maximum absolute atomic E-state index is 11.2. The number of unbranched alkanes of at least 4 members (excludes halogenated alkanes) is 2. The molecule has 21 heavy (non-hydrogen) atoms. The van der Waals surface area contributed by atoms with Crippen LogP contribution in [0.2, 0.25) is 0 Å². The number of nitrogens with one attached hydrogen (secondary N) is 1. The number of hydrogen-bond donors (Lipinski definition) is 1. The third kappa shape index (κ3) is 2.78. The molecule has 0 saturated carbocycles. The number of aromatic nitrogens is 2. The average molecular weight is 301 g/mol. The summed E-state index contributed by atoms with van der Waals surface area (Å²) in [4.78, 5) is 12.4. The summed E-state index contributed by atoms with van der Waals surface area (Å²) in [5.74, 6) is 0.131. The van der Waals surface area contributed by atoms with Crippen LogP contribution in [0.4, 0.5) is 0 Å². The number of benzene rings is 1. The van der Waals surface area contributed by atoms with E-state index in [0.717, 1.165) is 25.8 Å². The van der Waals surface area contributed by atoms with Crippen LogP contribution in [-0.2, 0) is 11.3 Å². The first-order valence-corrected chi connectivity index (χ1v) is 8.11. The quantitative estimate of drug-likeness (QED) is 0.708. The molecule has 5 heteroatoms. The number of fused-ring (bicyclic) bond motifs is 3. The third-order valence-corrected chi connectivity index (χ3v) is 4.67. The predicted octanol–water partition coefficient (Wildman–Crippen LogP) is 3.56. The van der Waals surface area contributed by atoms with Crippen LogP contribution in [0, 0.1) is 0 Å². The summed E-state index contributed by atoms with van der Waals surface area (Å²) < 4.78 is 6.68. The van der Waals surface area contributed by atoms with Crippen molar-refractivity contribution in [2.75, 3.05) is 7.05 Å². The van der Waals surface area contributed by atoms with Gasteiger partial charge in [0, 0.05) is 36.3 Å². The van der Waals surface area contributed by atoms with E-state index in [2.05, 4.69) is 38.5 Å². The minimum Gasteiger partial charge on any atom is -0.359 e. The lowest BCUT2D eigenvalue weighted by Gasteiger charge is -2.06. The first-order valence-electron chi connectivity index (χ1n) is 7.33. The highest BCUT2D eigenvalue weighted by Crippen LogP contribution is 2.31. The maximum atomic E-state index is 11.2. The van der Waals surface area contributed by atoms with Gasteiger partial charge in [-0.05, 0) is 30.4 Å². The Morgan fingerprint density at radius 2 is 2.10 bits per heavy atom. The number of aryl methyl sites for hydroxylation is 1. The van der Waals surface area contributed by atoms with Crippen LogP contribution in [0.25, 0.3) is 21.1 Å². The number of nitrogens with zero attached hydrogens (tertiary/aromatic N) is 2. The van der Waals surface area contributed by atoms with E-state index in [1.54, 1.807) is 18.6 Å². The monoisotopic (exact) mass is 301 g/mol. The molecule has 0 atom stereocenters. The van der Waals surface area contributed by atoms with Gasteiger partial charge in [-0.15, -0.1) is 0 Å². The van der Waals surface area contributed by atoms with Crippen molar-refractivity contribution in [1.29, 1.82) is 0 Å². The molecule has 0 spiro atoms. The molecule has 0 fully saturated rings. The van der Waals surface area contributed by atoms with Crippen molar-refractivity contribution >= 4 is 38.6 Å². The molecule has 3 rings (SSSR count). The topological polar surface area (TPSA) is 46.9 Å². The van der Waals surface area contributed by atoms with Crippen molar-refractivity contribution in [2.24, 2.45) is 0 Å². The number of carbonyl (C=O) groups is 1. The standard InChI is InChI=1S/C16H19N3OS/c1-17-15(20)9-3-2-6-10-19-14-8-5-4-7-12(14)13-11-18-21-16(13)19/h4-5,7-8,11H,2-3,6,9-10H2,1H3,(H,17,20). The fraction of sp³-hybridized carbons (Fsp3) is 0.375. The SMILES string of the molecule is CNC(=O)CCCCCn1c2ccccc2c2cnsc21. The van der Waals surface area contributed by atoms with Crippen molar-refractivity contribution in [2.45, 2.75) is 32.2 Å². The van der Waals surface area contributed by atoms with Crippen molar-refractivity contribution < 1.29 is 4.79 Å².